The molecule has 0 bridgehead atoms. The van der Waals surface area contributed by atoms with E-state index in [-0.39, 0.29) is 17.0 Å². The summed E-state index contributed by atoms with van der Waals surface area (Å²) in [7, 11) is 0. The second-order valence-corrected chi connectivity index (χ2v) is 3.37. The molecule has 0 aromatic heterocycles. The lowest BCUT2D eigenvalue weighted by Gasteiger charge is -2.07. The zero-order valence-corrected chi connectivity index (χ0v) is 8.59. The first-order chi connectivity index (χ1) is 6.97. The first kappa shape index (κ1) is 11.8. The van der Waals surface area contributed by atoms with E-state index in [1.807, 2.05) is 0 Å². The third-order valence-corrected chi connectivity index (χ3v) is 2.26. The van der Waals surface area contributed by atoms with Crippen molar-refractivity contribution in [2.45, 2.75) is 19.5 Å². The van der Waals surface area contributed by atoms with E-state index in [9.17, 15) is 18.9 Å². The predicted octanol–water partition coefficient (Wildman–Crippen LogP) is 3.81. The molecule has 3 nitrogen and oxygen atoms in total. The Kier molecular flexibility index (Phi) is 3.57. The van der Waals surface area contributed by atoms with Crippen LogP contribution in [-0.2, 0) is 0 Å². The van der Waals surface area contributed by atoms with Gasteiger partial charge in [-0.05, 0) is 12.5 Å². The molecule has 82 valence electrons. The van der Waals surface area contributed by atoms with Crippen molar-refractivity contribution < 1.29 is 13.7 Å². The van der Waals surface area contributed by atoms with Gasteiger partial charge in [0.1, 0.15) is 17.0 Å². The Bertz CT molecular complexity index is 398. The van der Waals surface area contributed by atoms with Gasteiger partial charge >= 0.3 is 0 Å². The second-order valence-electron chi connectivity index (χ2n) is 2.96. The summed E-state index contributed by atoms with van der Waals surface area (Å²) < 4.78 is 26.4. The van der Waals surface area contributed by atoms with Gasteiger partial charge in [0.15, 0.2) is 0 Å². The molecule has 6 heteroatoms. The topological polar surface area (TPSA) is 43.1 Å². The molecule has 0 saturated carbocycles. The molecule has 0 aliphatic heterocycles. The van der Waals surface area contributed by atoms with Gasteiger partial charge in [0.05, 0.1) is 4.92 Å². The molecule has 1 aromatic carbocycles. The van der Waals surface area contributed by atoms with E-state index in [1.54, 1.807) is 0 Å². The molecule has 15 heavy (non-hydrogen) atoms. The van der Waals surface area contributed by atoms with Crippen LogP contribution in [0.1, 0.15) is 25.1 Å². The maximum absolute atomic E-state index is 13.2. The summed E-state index contributed by atoms with van der Waals surface area (Å²) in [6, 6.07) is 1.60. The molecule has 0 fully saturated rings. The number of nitrogens with zero attached hydrogens (tertiary/aromatic N) is 1. The largest absolute Gasteiger partial charge is 0.288 e. The van der Waals surface area contributed by atoms with E-state index in [0.717, 1.165) is 12.1 Å². The van der Waals surface area contributed by atoms with Gasteiger partial charge in [0.25, 0.3) is 5.69 Å². The SMILES string of the molecule is CC[C@@H](F)c1cc([N+](=O)[O-])c(Cl)cc1F. The first-order valence-corrected chi connectivity index (χ1v) is 4.62. The molecule has 0 N–H and O–H groups in total. The van der Waals surface area contributed by atoms with E-state index >= 15 is 0 Å². The fraction of sp³-hybridized carbons (Fsp3) is 0.333. The minimum atomic E-state index is -1.55. The van der Waals surface area contributed by atoms with E-state index < -0.39 is 22.6 Å². The summed E-state index contributed by atoms with van der Waals surface area (Å²) in [6.07, 6.45) is -1.50. The fourth-order valence-electron chi connectivity index (χ4n) is 1.15. The Labute approximate surface area is 89.8 Å². The van der Waals surface area contributed by atoms with Gasteiger partial charge in [0.2, 0.25) is 0 Å². The van der Waals surface area contributed by atoms with Crippen molar-refractivity contribution in [3.8, 4) is 0 Å². The second kappa shape index (κ2) is 4.53. The lowest BCUT2D eigenvalue weighted by atomic mass is 10.1. The van der Waals surface area contributed by atoms with Crippen LogP contribution >= 0.6 is 11.6 Å². The van der Waals surface area contributed by atoms with Gasteiger partial charge in [-0.3, -0.25) is 10.1 Å². The Morgan fingerprint density at radius 1 is 1.60 bits per heavy atom. The van der Waals surface area contributed by atoms with E-state index in [4.69, 9.17) is 11.6 Å². The van der Waals surface area contributed by atoms with Crippen molar-refractivity contribution in [1.82, 2.24) is 0 Å². The monoisotopic (exact) mass is 235 g/mol. The van der Waals surface area contributed by atoms with Crippen molar-refractivity contribution in [2.75, 3.05) is 0 Å². The molecule has 0 spiro atoms. The van der Waals surface area contributed by atoms with Crippen LogP contribution in [0.25, 0.3) is 0 Å². The molecule has 0 heterocycles. The van der Waals surface area contributed by atoms with E-state index in [2.05, 4.69) is 0 Å². The van der Waals surface area contributed by atoms with Gasteiger partial charge in [-0.15, -0.1) is 0 Å². The Hall–Kier alpha value is -1.23. The molecular formula is C9H8ClF2NO2. The molecule has 0 saturated heterocycles. The number of benzene rings is 1. The molecule has 0 amide bonds. The summed E-state index contributed by atoms with van der Waals surface area (Å²) in [5.41, 5.74) is -0.808. The van der Waals surface area contributed by atoms with Crippen LogP contribution in [0.2, 0.25) is 5.02 Å². The van der Waals surface area contributed by atoms with Crippen LogP contribution in [0.5, 0.6) is 0 Å². The minimum absolute atomic E-state index is 0.0513. The number of rotatable bonds is 3. The third kappa shape index (κ3) is 2.41. The van der Waals surface area contributed by atoms with Gasteiger partial charge in [0, 0.05) is 11.6 Å². The lowest BCUT2D eigenvalue weighted by molar-refractivity contribution is -0.384. The smallest absolute Gasteiger partial charge is 0.258 e. The van der Waals surface area contributed by atoms with Crippen LogP contribution in [0.15, 0.2) is 12.1 Å². The Morgan fingerprint density at radius 3 is 2.67 bits per heavy atom. The molecule has 1 aromatic rings. The van der Waals surface area contributed by atoms with Crippen LogP contribution in [0, 0.1) is 15.9 Å². The summed E-state index contributed by atoms with van der Waals surface area (Å²) in [4.78, 5) is 9.70. The highest BCUT2D eigenvalue weighted by Gasteiger charge is 2.21. The molecule has 1 atom stereocenters. The maximum Gasteiger partial charge on any atom is 0.288 e. The van der Waals surface area contributed by atoms with Crippen LogP contribution < -0.4 is 0 Å². The zero-order valence-electron chi connectivity index (χ0n) is 7.84. The van der Waals surface area contributed by atoms with Gasteiger partial charge in [-0.1, -0.05) is 18.5 Å². The van der Waals surface area contributed by atoms with Crippen molar-refractivity contribution in [3.05, 3.63) is 38.7 Å². The van der Waals surface area contributed by atoms with E-state index in [1.165, 1.54) is 6.92 Å². The van der Waals surface area contributed by atoms with Crippen molar-refractivity contribution in [1.29, 1.82) is 0 Å². The Balaban J connectivity index is 3.29. The van der Waals surface area contributed by atoms with Crippen molar-refractivity contribution in [2.24, 2.45) is 0 Å². The van der Waals surface area contributed by atoms with Gasteiger partial charge in [-0.25, -0.2) is 8.78 Å². The molecule has 0 aliphatic rings. The molecule has 0 aliphatic carbocycles. The van der Waals surface area contributed by atoms with E-state index in [0.29, 0.717) is 0 Å². The standard InChI is InChI=1S/C9H8ClF2NO2/c1-2-7(11)5-3-9(13(14)15)6(10)4-8(5)12/h3-4,7H,2H2,1H3/t7-/m1/s1. The summed E-state index contributed by atoms with van der Waals surface area (Å²) in [5.74, 6) is -0.861. The quantitative estimate of drug-likeness (QED) is 0.591. The average molecular weight is 236 g/mol. The highest BCUT2D eigenvalue weighted by Crippen LogP contribution is 2.32. The predicted molar refractivity (Wildman–Crippen MR) is 52.2 cm³/mol. The van der Waals surface area contributed by atoms with Crippen LogP contribution in [0.4, 0.5) is 14.5 Å². The lowest BCUT2D eigenvalue weighted by Crippen LogP contribution is -1.98. The first-order valence-electron chi connectivity index (χ1n) is 4.24. The summed E-state index contributed by atoms with van der Waals surface area (Å²) in [5, 5.41) is 10.1. The molecule has 0 radical (unpaired) electrons. The molecule has 1 rings (SSSR count). The number of hydrogen-bond donors (Lipinski definition) is 0. The number of nitro groups is 1. The van der Waals surface area contributed by atoms with Gasteiger partial charge in [-0.2, -0.15) is 0 Å². The van der Waals surface area contributed by atoms with Crippen molar-refractivity contribution >= 4 is 17.3 Å². The van der Waals surface area contributed by atoms with Gasteiger partial charge < -0.3 is 0 Å². The molecular weight excluding hydrogens is 228 g/mol. The normalized spacial score (nSPS) is 12.5. The average Bonchev–Trinajstić information content (AvgIpc) is 2.16. The highest BCUT2D eigenvalue weighted by molar-refractivity contribution is 6.32. The summed E-state index contributed by atoms with van der Waals surface area (Å²) in [6.45, 7) is 1.52. The minimum Gasteiger partial charge on any atom is -0.258 e. The summed E-state index contributed by atoms with van der Waals surface area (Å²) >= 11 is 5.44. The fourth-order valence-corrected chi connectivity index (χ4v) is 1.37. The van der Waals surface area contributed by atoms with Crippen LogP contribution in [0.3, 0.4) is 0 Å². The number of alkyl halides is 1. The number of nitro benzene ring substituents is 1. The highest BCUT2D eigenvalue weighted by atomic mass is 35.5. The third-order valence-electron chi connectivity index (χ3n) is 1.96. The van der Waals surface area contributed by atoms with Crippen molar-refractivity contribution in [3.63, 3.8) is 0 Å². The number of halogens is 3. The Morgan fingerprint density at radius 2 is 2.20 bits per heavy atom. The zero-order chi connectivity index (χ0) is 11.6. The maximum atomic E-state index is 13.2. The molecule has 0 unspecified atom stereocenters. The number of hydrogen-bond acceptors (Lipinski definition) is 2. The van der Waals surface area contributed by atoms with Crippen LogP contribution in [-0.4, -0.2) is 4.92 Å².